The summed E-state index contributed by atoms with van der Waals surface area (Å²) in [6.07, 6.45) is 0. The van der Waals surface area contributed by atoms with Crippen LogP contribution >= 0.6 is 23.4 Å². The maximum absolute atomic E-state index is 6.27. The lowest BCUT2D eigenvalue weighted by molar-refractivity contribution is 0.404. The predicted octanol–water partition coefficient (Wildman–Crippen LogP) is 5.12. The highest BCUT2D eigenvalue weighted by Gasteiger charge is 2.12. The highest BCUT2D eigenvalue weighted by atomic mass is 35.5. The minimum Gasteiger partial charge on any atom is -0.494 e. The summed E-state index contributed by atoms with van der Waals surface area (Å²) in [7, 11) is 1.66. The van der Waals surface area contributed by atoms with Gasteiger partial charge in [0.15, 0.2) is 5.75 Å². The van der Waals surface area contributed by atoms with E-state index < -0.39 is 0 Å². The molecule has 0 aliphatic rings. The Morgan fingerprint density at radius 2 is 1.67 bits per heavy atom. The van der Waals surface area contributed by atoms with Crippen LogP contribution < -0.4 is 4.74 Å². The average molecular weight is 279 g/mol. The van der Waals surface area contributed by atoms with Gasteiger partial charge in [0.25, 0.3) is 0 Å². The molecule has 0 aliphatic heterocycles. The van der Waals surface area contributed by atoms with Crippen molar-refractivity contribution in [3.05, 3.63) is 52.5 Å². The molecule has 0 heterocycles. The van der Waals surface area contributed by atoms with Crippen molar-refractivity contribution in [2.75, 3.05) is 7.11 Å². The molecule has 2 aromatic rings. The Kier molecular flexibility index (Phi) is 4.20. The molecule has 0 amide bonds. The second-order valence-electron chi connectivity index (χ2n) is 4.10. The van der Waals surface area contributed by atoms with Crippen LogP contribution in [0.4, 0.5) is 0 Å². The van der Waals surface area contributed by atoms with Crippen molar-refractivity contribution >= 4 is 23.4 Å². The highest BCUT2D eigenvalue weighted by molar-refractivity contribution is 7.99. The van der Waals surface area contributed by atoms with Crippen molar-refractivity contribution in [3.8, 4) is 5.75 Å². The molecule has 0 aromatic heterocycles. The molecule has 3 heteroatoms. The predicted molar refractivity (Wildman–Crippen MR) is 78.0 cm³/mol. The molecule has 2 aromatic carbocycles. The number of hydrogen-bond acceptors (Lipinski definition) is 2. The fraction of sp³-hybridized carbons (Fsp3) is 0.200. The second-order valence-corrected chi connectivity index (χ2v) is 5.56. The molecule has 0 unspecified atom stereocenters. The van der Waals surface area contributed by atoms with Gasteiger partial charge >= 0.3 is 0 Å². The van der Waals surface area contributed by atoms with Crippen molar-refractivity contribution in [2.45, 2.75) is 23.6 Å². The zero-order chi connectivity index (χ0) is 13.1. The van der Waals surface area contributed by atoms with Gasteiger partial charge in [0.2, 0.25) is 0 Å². The first-order chi connectivity index (χ1) is 8.63. The second kappa shape index (κ2) is 5.68. The largest absolute Gasteiger partial charge is 0.494 e. The van der Waals surface area contributed by atoms with Gasteiger partial charge in [-0.05, 0) is 37.1 Å². The van der Waals surface area contributed by atoms with E-state index in [9.17, 15) is 0 Å². The van der Waals surface area contributed by atoms with Gasteiger partial charge in [0.05, 0.1) is 17.0 Å². The van der Waals surface area contributed by atoms with Crippen LogP contribution in [0.2, 0.25) is 5.02 Å². The van der Waals surface area contributed by atoms with Crippen LogP contribution in [-0.2, 0) is 0 Å². The van der Waals surface area contributed by atoms with Crippen molar-refractivity contribution in [1.82, 2.24) is 0 Å². The monoisotopic (exact) mass is 278 g/mol. The number of rotatable bonds is 3. The van der Waals surface area contributed by atoms with E-state index in [1.165, 1.54) is 10.5 Å². The molecule has 0 bridgehead atoms. The first-order valence-corrected chi connectivity index (χ1v) is 6.89. The van der Waals surface area contributed by atoms with Gasteiger partial charge in [0.1, 0.15) is 0 Å². The molecule has 1 nitrogen and oxygen atoms in total. The summed E-state index contributed by atoms with van der Waals surface area (Å²) in [5, 5.41) is 0.691. The third kappa shape index (κ3) is 2.65. The fourth-order valence-electron chi connectivity index (χ4n) is 1.70. The Bertz CT molecular complexity index is 566. The maximum atomic E-state index is 6.27. The normalized spacial score (nSPS) is 10.4. The van der Waals surface area contributed by atoms with E-state index in [1.54, 1.807) is 18.9 Å². The quantitative estimate of drug-likeness (QED) is 0.771. The molecule has 94 valence electrons. The van der Waals surface area contributed by atoms with Crippen molar-refractivity contribution in [2.24, 2.45) is 0 Å². The zero-order valence-corrected chi connectivity index (χ0v) is 12.2. The first-order valence-electron chi connectivity index (χ1n) is 5.70. The lowest BCUT2D eigenvalue weighted by Gasteiger charge is -2.12. The van der Waals surface area contributed by atoms with E-state index in [0.717, 1.165) is 16.2 Å². The molecular formula is C15H15ClOS. The summed E-state index contributed by atoms with van der Waals surface area (Å²) in [6.45, 7) is 4.08. The van der Waals surface area contributed by atoms with Gasteiger partial charge in [-0.15, -0.1) is 0 Å². The van der Waals surface area contributed by atoms with Gasteiger partial charge < -0.3 is 4.74 Å². The molecule has 0 saturated heterocycles. The van der Waals surface area contributed by atoms with E-state index >= 15 is 0 Å². The summed E-state index contributed by atoms with van der Waals surface area (Å²) in [5.74, 6) is 0.755. The minimum absolute atomic E-state index is 0.691. The van der Waals surface area contributed by atoms with Crippen LogP contribution in [0.3, 0.4) is 0 Å². The van der Waals surface area contributed by atoms with E-state index in [-0.39, 0.29) is 0 Å². The summed E-state index contributed by atoms with van der Waals surface area (Å²) in [6, 6.07) is 12.4. The Hall–Kier alpha value is -1.12. The van der Waals surface area contributed by atoms with Crippen LogP contribution in [0.15, 0.2) is 46.2 Å². The number of halogens is 1. The summed E-state index contributed by atoms with van der Waals surface area (Å²) in [4.78, 5) is 2.26. The molecule has 0 saturated carbocycles. The Labute approximate surface area is 117 Å². The molecule has 0 spiro atoms. The van der Waals surface area contributed by atoms with Gasteiger partial charge in [-0.3, -0.25) is 0 Å². The van der Waals surface area contributed by atoms with E-state index in [4.69, 9.17) is 16.3 Å². The van der Waals surface area contributed by atoms with Crippen LogP contribution in [0.5, 0.6) is 5.75 Å². The average Bonchev–Trinajstić information content (AvgIpc) is 2.37. The van der Waals surface area contributed by atoms with E-state index in [2.05, 4.69) is 25.1 Å². The number of hydrogen-bond donors (Lipinski definition) is 0. The van der Waals surface area contributed by atoms with Crippen LogP contribution in [0, 0.1) is 13.8 Å². The van der Waals surface area contributed by atoms with Gasteiger partial charge in [-0.1, -0.05) is 47.6 Å². The number of methoxy groups -OCH3 is 1. The Morgan fingerprint density at radius 1 is 0.944 bits per heavy atom. The van der Waals surface area contributed by atoms with Crippen molar-refractivity contribution in [3.63, 3.8) is 0 Å². The summed E-state index contributed by atoms with van der Waals surface area (Å²) >= 11 is 7.95. The fourth-order valence-corrected chi connectivity index (χ4v) is 3.02. The van der Waals surface area contributed by atoms with Crippen molar-refractivity contribution < 1.29 is 4.74 Å². The first kappa shape index (κ1) is 13.3. The van der Waals surface area contributed by atoms with Crippen LogP contribution in [0.1, 0.15) is 11.1 Å². The van der Waals surface area contributed by atoms with E-state index in [1.807, 2.05) is 25.1 Å². The number of aryl methyl sites for hydroxylation is 2. The Morgan fingerprint density at radius 3 is 2.33 bits per heavy atom. The third-order valence-corrected chi connectivity index (χ3v) is 4.46. The maximum Gasteiger partial charge on any atom is 0.151 e. The van der Waals surface area contributed by atoms with E-state index in [0.29, 0.717) is 5.02 Å². The van der Waals surface area contributed by atoms with Crippen LogP contribution in [-0.4, -0.2) is 7.11 Å². The molecule has 2 rings (SSSR count). The smallest absolute Gasteiger partial charge is 0.151 e. The Balaban J connectivity index is 2.41. The summed E-state index contributed by atoms with van der Waals surface area (Å²) in [5.41, 5.74) is 2.28. The molecule has 0 N–H and O–H groups in total. The topological polar surface area (TPSA) is 9.23 Å². The van der Waals surface area contributed by atoms with Gasteiger partial charge in [-0.25, -0.2) is 0 Å². The van der Waals surface area contributed by atoms with Gasteiger partial charge in [-0.2, -0.15) is 0 Å². The summed E-state index contributed by atoms with van der Waals surface area (Å²) < 4.78 is 5.42. The lowest BCUT2D eigenvalue weighted by atomic mass is 10.2. The molecule has 0 fully saturated rings. The SMILES string of the molecule is COc1c(Sc2ccccc2C)ccc(C)c1Cl. The van der Waals surface area contributed by atoms with Crippen LogP contribution in [0.25, 0.3) is 0 Å². The van der Waals surface area contributed by atoms with Gasteiger partial charge in [0, 0.05) is 4.90 Å². The zero-order valence-electron chi connectivity index (χ0n) is 10.7. The molecule has 0 aliphatic carbocycles. The molecule has 18 heavy (non-hydrogen) atoms. The molecule has 0 radical (unpaired) electrons. The number of ether oxygens (including phenoxy) is 1. The minimum atomic E-state index is 0.691. The highest BCUT2D eigenvalue weighted by Crippen LogP contribution is 2.41. The standard InChI is InChI=1S/C15H15ClOS/c1-10-6-4-5-7-12(10)18-13-9-8-11(2)14(16)15(13)17-3/h4-9H,1-3H3. The third-order valence-electron chi connectivity index (χ3n) is 2.77. The van der Waals surface area contributed by atoms with Crippen molar-refractivity contribution in [1.29, 1.82) is 0 Å². The lowest BCUT2D eigenvalue weighted by Crippen LogP contribution is -1.90. The number of benzene rings is 2. The molecule has 0 atom stereocenters. The molecular weight excluding hydrogens is 264 g/mol.